The molecule has 1 aliphatic carbocycles. The topological polar surface area (TPSA) is 38.1 Å². The minimum absolute atomic E-state index is 0.654. The molecule has 0 fully saturated rings. The van der Waals surface area contributed by atoms with Gasteiger partial charge in [-0.2, -0.15) is 0 Å². The van der Waals surface area contributed by atoms with Gasteiger partial charge in [0.05, 0.1) is 4.88 Å². The first-order valence-electron chi connectivity index (χ1n) is 6.99. The summed E-state index contributed by atoms with van der Waals surface area (Å²) in [6, 6.07) is 2.29. The summed E-state index contributed by atoms with van der Waals surface area (Å²) in [5.41, 5.74) is 2.54. The zero-order valence-corrected chi connectivity index (χ0v) is 12.3. The Kier molecular flexibility index (Phi) is 3.71. The van der Waals surface area contributed by atoms with Crippen molar-refractivity contribution in [2.75, 3.05) is 6.54 Å². The summed E-state index contributed by atoms with van der Waals surface area (Å²) < 4.78 is 5.60. The number of nitrogens with one attached hydrogen (secondary N) is 1. The Morgan fingerprint density at radius 2 is 2.32 bits per heavy atom. The maximum absolute atomic E-state index is 5.60. The van der Waals surface area contributed by atoms with Crippen LogP contribution in [0.3, 0.4) is 0 Å². The van der Waals surface area contributed by atoms with E-state index in [0.29, 0.717) is 5.92 Å². The van der Waals surface area contributed by atoms with Gasteiger partial charge in [0.15, 0.2) is 12.2 Å². The summed E-state index contributed by atoms with van der Waals surface area (Å²) in [5.74, 6) is 1.61. The third-order valence-electron chi connectivity index (χ3n) is 3.46. The third kappa shape index (κ3) is 2.74. The van der Waals surface area contributed by atoms with Crippen molar-refractivity contribution in [3.63, 3.8) is 0 Å². The van der Waals surface area contributed by atoms with Crippen LogP contribution in [-0.2, 0) is 19.4 Å². The Morgan fingerprint density at radius 1 is 1.42 bits per heavy atom. The molecule has 0 atom stereocenters. The van der Waals surface area contributed by atoms with Gasteiger partial charge in [-0.25, -0.2) is 4.98 Å². The smallest absolute Gasteiger partial charge is 0.181 e. The van der Waals surface area contributed by atoms with Crippen LogP contribution in [0.2, 0.25) is 0 Å². The zero-order chi connectivity index (χ0) is 13.2. The number of oxazole rings is 1. The van der Waals surface area contributed by atoms with Crippen molar-refractivity contribution in [2.45, 2.75) is 39.7 Å². The van der Waals surface area contributed by atoms with E-state index in [4.69, 9.17) is 4.42 Å². The van der Waals surface area contributed by atoms with Crippen molar-refractivity contribution in [1.29, 1.82) is 0 Å². The van der Waals surface area contributed by atoms with E-state index in [2.05, 4.69) is 30.2 Å². The first-order chi connectivity index (χ1) is 9.24. The summed E-state index contributed by atoms with van der Waals surface area (Å²) in [7, 11) is 0. The molecule has 3 rings (SSSR count). The van der Waals surface area contributed by atoms with E-state index in [0.717, 1.165) is 24.5 Å². The maximum Gasteiger partial charge on any atom is 0.181 e. The summed E-state index contributed by atoms with van der Waals surface area (Å²) in [6.07, 6.45) is 5.32. The second kappa shape index (κ2) is 5.47. The molecule has 2 aromatic heterocycles. The molecule has 0 amide bonds. The highest BCUT2D eigenvalue weighted by molar-refractivity contribution is 7.15. The summed E-state index contributed by atoms with van der Waals surface area (Å²) in [6.45, 7) is 6.21. The van der Waals surface area contributed by atoms with E-state index in [1.165, 1.54) is 34.6 Å². The van der Waals surface area contributed by atoms with Gasteiger partial charge in [-0.15, -0.1) is 11.3 Å². The lowest BCUT2D eigenvalue weighted by Crippen LogP contribution is -2.19. The van der Waals surface area contributed by atoms with E-state index in [1.807, 2.05) is 11.3 Å². The SMILES string of the molecule is CC(C)CNCc1ncoc1-c1cc2c(s1)CCC2. The quantitative estimate of drug-likeness (QED) is 0.906. The van der Waals surface area contributed by atoms with Crippen molar-refractivity contribution in [2.24, 2.45) is 5.92 Å². The van der Waals surface area contributed by atoms with E-state index in [-0.39, 0.29) is 0 Å². The van der Waals surface area contributed by atoms with Gasteiger partial charge in [0.1, 0.15) is 5.69 Å². The Bertz CT molecular complexity index is 535. The Labute approximate surface area is 118 Å². The minimum Gasteiger partial charge on any atom is -0.442 e. The predicted molar refractivity (Wildman–Crippen MR) is 78.4 cm³/mol. The van der Waals surface area contributed by atoms with Crippen LogP contribution >= 0.6 is 11.3 Å². The average Bonchev–Trinajstić information content (AvgIpc) is 3.00. The molecule has 1 aliphatic rings. The molecule has 0 unspecified atom stereocenters. The number of fused-ring (bicyclic) bond motifs is 1. The highest BCUT2D eigenvalue weighted by Gasteiger charge is 2.19. The number of aryl methyl sites for hydroxylation is 2. The van der Waals surface area contributed by atoms with Crippen LogP contribution in [0.4, 0.5) is 0 Å². The van der Waals surface area contributed by atoms with Gasteiger partial charge in [0.25, 0.3) is 0 Å². The molecule has 0 aromatic carbocycles. The highest BCUT2D eigenvalue weighted by atomic mass is 32.1. The van der Waals surface area contributed by atoms with Crippen molar-refractivity contribution >= 4 is 11.3 Å². The van der Waals surface area contributed by atoms with Crippen molar-refractivity contribution in [1.82, 2.24) is 10.3 Å². The third-order valence-corrected chi connectivity index (χ3v) is 4.69. The molecule has 4 heteroatoms. The fraction of sp³-hybridized carbons (Fsp3) is 0.533. The number of nitrogens with zero attached hydrogens (tertiary/aromatic N) is 1. The molecule has 0 saturated carbocycles. The second-order valence-electron chi connectivity index (χ2n) is 5.57. The standard InChI is InChI=1S/C15H20N2OS/c1-10(2)7-16-8-12-15(18-9-17-12)14-6-11-4-3-5-13(11)19-14/h6,9-10,16H,3-5,7-8H2,1-2H3. The monoisotopic (exact) mass is 276 g/mol. The lowest BCUT2D eigenvalue weighted by atomic mass is 10.2. The molecule has 3 nitrogen and oxygen atoms in total. The van der Waals surface area contributed by atoms with Crippen LogP contribution in [-0.4, -0.2) is 11.5 Å². The van der Waals surface area contributed by atoms with Gasteiger partial charge in [-0.05, 0) is 43.4 Å². The average molecular weight is 276 g/mol. The number of hydrogen-bond acceptors (Lipinski definition) is 4. The normalized spacial score (nSPS) is 14.3. The van der Waals surface area contributed by atoms with Crippen molar-refractivity contribution < 1.29 is 4.42 Å². The molecule has 0 spiro atoms. The first-order valence-corrected chi connectivity index (χ1v) is 7.80. The predicted octanol–water partition coefficient (Wildman–Crippen LogP) is 3.64. The molecular formula is C15H20N2OS. The number of rotatable bonds is 5. The molecule has 102 valence electrons. The van der Waals surface area contributed by atoms with Crippen molar-refractivity contribution in [3.05, 3.63) is 28.6 Å². The van der Waals surface area contributed by atoms with Gasteiger partial charge in [0, 0.05) is 11.4 Å². The Balaban J connectivity index is 1.75. The van der Waals surface area contributed by atoms with Crippen LogP contribution in [0.15, 0.2) is 16.9 Å². The van der Waals surface area contributed by atoms with Crippen molar-refractivity contribution in [3.8, 4) is 10.6 Å². The Hall–Kier alpha value is -1.13. The number of thiophene rings is 1. The van der Waals surface area contributed by atoms with E-state index >= 15 is 0 Å². The molecule has 0 bridgehead atoms. The fourth-order valence-electron chi connectivity index (χ4n) is 2.52. The second-order valence-corrected chi connectivity index (χ2v) is 6.70. The number of aromatic nitrogens is 1. The van der Waals surface area contributed by atoms with Crippen LogP contribution < -0.4 is 5.32 Å². The summed E-state index contributed by atoms with van der Waals surface area (Å²) in [4.78, 5) is 7.12. The lowest BCUT2D eigenvalue weighted by molar-refractivity contribution is 0.545. The molecule has 0 saturated heterocycles. The largest absolute Gasteiger partial charge is 0.442 e. The van der Waals surface area contributed by atoms with E-state index in [9.17, 15) is 0 Å². The molecule has 2 aromatic rings. The van der Waals surface area contributed by atoms with E-state index < -0.39 is 0 Å². The lowest BCUT2D eigenvalue weighted by Gasteiger charge is -2.05. The molecule has 0 radical (unpaired) electrons. The highest BCUT2D eigenvalue weighted by Crippen LogP contribution is 2.37. The molecule has 0 aliphatic heterocycles. The Morgan fingerprint density at radius 3 is 3.11 bits per heavy atom. The first kappa shape index (κ1) is 12.9. The molecule has 19 heavy (non-hydrogen) atoms. The molecule has 1 N–H and O–H groups in total. The van der Waals surface area contributed by atoms with Crippen LogP contribution in [0.1, 0.15) is 36.4 Å². The van der Waals surface area contributed by atoms with Gasteiger partial charge in [-0.3, -0.25) is 0 Å². The summed E-state index contributed by atoms with van der Waals surface area (Å²) in [5, 5.41) is 3.43. The summed E-state index contributed by atoms with van der Waals surface area (Å²) >= 11 is 1.87. The van der Waals surface area contributed by atoms with Gasteiger partial charge < -0.3 is 9.73 Å². The van der Waals surface area contributed by atoms with Gasteiger partial charge in [0.2, 0.25) is 0 Å². The van der Waals surface area contributed by atoms with Gasteiger partial charge in [-0.1, -0.05) is 13.8 Å². The molecule has 2 heterocycles. The van der Waals surface area contributed by atoms with Gasteiger partial charge >= 0.3 is 0 Å². The minimum atomic E-state index is 0.654. The fourth-order valence-corrected chi connectivity index (χ4v) is 3.78. The molecular weight excluding hydrogens is 256 g/mol. The van der Waals surface area contributed by atoms with Crippen LogP contribution in [0, 0.1) is 5.92 Å². The van der Waals surface area contributed by atoms with E-state index in [1.54, 1.807) is 6.39 Å². The maximum atomic E-state index is 5.60. The van der Waals surface area contributed by atoms with Crippen LogP contribution in [0.5, 0.6) is 0 Å². The number of hydrogen-bond donors (Lipinski definition) is 1. The van der Waals surface area contributed by atoms with Crippen LogP contribution in [0.25, 0.3) is 10.6 Å². The zero-order valence-electron chi connectivity index (χ0n) is 11.5.